The summed E-state index contributed by atoms with van der Waals surface area (Å²) in [5, 5.41) is 20.3. The van der Waals surface area contributed by atoms with Crippen LogP contribution in [0.2, 0.25) is 0 Å². The van der Waals surface area contributed by atoms with Crippen LogP contribution >= 0.6 is 7.75 Å². The summed E-state index contributed by atoms with van der Waals surface area (Å²) in [5.74, 6) is -2.31. The van der Waals surface area contributed by atoms with Gasteiger partial charge in [0.25, 0.3) is 5.56 Å². The Kier molecular flexibility index (Phi) is 13.3. The van der Waals surface area contributed by atoms with Crippen molar-refractivity contribution in [2.75, 3.05) is 24.9 Å². The maximum absolute atomic E-state index is 13.7. The minimum absolute atomic E-state index is 0.0141. The molecule has 1 saturated heterocycles. The van der Waals surface area contributed by atoms with Gasteiger partial charge < -0.3 is 18.9 Å². The van der Waals surface area contributed by atoms with Crippen molar-refractivity contribution in [3.63, 3.8) is 0 Å². The molecule has 5 rings (SSSR count). The average Bonchev–Trinajstić information content (AvgIpc) is 3.50. The quantitative estimate of drug-likeness (QED) is 0.0658. The Morgan fingerprint density at radius 3 is 1.72 bits per heavy atom. The molecule has 0 radical (unpaired) electrons. The molecule has 0 aliphatic carbocycles. The number of ether oxygens (including phenoxy) is 4. The zero-order chi connectivity index (χ0) is 37.6. The van der Waals surface area contributed by atoms with Crippen LogP contribution in [0.15, 0.2) is 114 Å². The lowest BCUT2D eigenvalue weighted by Crippen LogP contribution is -2.42. The highest BCUT2D eigenvalue weighted by atomic mass is 31.2. The third kappa shape index (κ3) is 10.3. The van der Waals surface area contributed by atoms with Gasteiger partial charge in [0.15, 0.2) is 18.4 Å². The zero-order valence-corrected chi connectivity index (χ0v) is 28.9. The topological polar surface area (TPSA) is 205 Å². The number of nitrogens with zero attached hydrogens (tertiary/aromatic N) is 3. The highest BCUT2D eigenvalue weighted by Crippen LogP contribution is 2.48. The molecule has 1 aromatic heterocycles. The van der Waals surface area contributed by atoms with Gasteiger partial charge in [-0.3, -0.25) is 23.5 Å². The van der Waals surface area contributed by atoms with Gasteiger partial charge >= 0.3 is 25.7 Å². The van der Waals surface area contributed by atoms with E-state index in [-0.39, 0.29) is 48.4 Å². The molecule has 0 unspecified atom stereocenters. The molecule has 53 heavy (non-hydrogen) atoms. The largest absolute Gasteiger partial charge is 0.459 e. The molecule has 2 heterocycles. The Bertz CT molecular complexity index is 2040. The predicted octanol–water partition coefficient (Wildman–Crippen LogP) is 5.43. The molecule has 0 bridgehead atoms. The number of esters is 3. The number of hydrogen-bond donors (Lipinski definition) is 1. The number of carbonyl (C=O) groups excluding carboxylic acids is 3. The van der Waals surface area contributed by atoms with E-state index >= 15 is 0 Å². The summed E-state index contributed by atoms with van der Waals surface area (Å²) in [7, 11) is -4.14. The van der Waals surface area contributed by atoms with E-state index in [1.54, 1.807) is 66.7 Å². The molecule has 16 heteroatoms. The fourth-order valence-electron chi connectivity index (χ4n) is 5.13. The van der Waals surface area contributed by atoms with E-state index in [9.17, 15) is 23.7 Å². The number of carbonyl (C=O) groups is 3. The van der Waals surface area contributed by atoms with Crippen LogP contribution in [0.1, 0.15) is 50.1 Å². The van der Waals surface area contributed by atoms with Crippen molar-refractivity contribution < 1.29 is 46.9 Å². The number of hydrogen-bond acceptors (Lipinski definition) is 13. The van der Waals surface area contributed by atoms with Gasteiger partial charge in [0, 0.05) is 12.3 Å². The molecule has 272 valence electrons. The first kappa shape index (κ1) is 38.1. The molecule has 3 aromatic carbocycles. The van der Waals surface area contributed by atoms with Crippen molar-refractivity contribution in [3.8, 4) is 12.1 Å². The minimum Gasteiger partial charge on any atom is -0.459 e. The van der Waals surface area contributed by atoms with E-state index < -0.39 is 62.4 Å². The minimum atomic E-state index is -4.14. The summed E-state index contributed by atoms with van der Waals surface area (Å²) in [6.07, 6.45) is -4.46. The van der Waals surface area contributed by atoms with E-state index in [0.717, 1.165) is 10.6 Å². The zero-order valence-electron chi connectivity index (χ0n) is 28.0. The van der Waals surface area contributed by atoms with Crippen molar-refractivity contribution in [3.05, 3.63) is 136 Å². The predicted molar refractivity (Wildman–Crippen MR) is 186 cm³/mol. The molecule has 4 atom stereocenters. The summed E-state index contributed by atoms with van der Waals surface area (Å²) in [4.78, 5) is 53.4. The van der Waals surface area contributed by atoms with E-state index in [0.29, 0.717) is 0 Å². The van der Waals surface area contributed by atoms with E-state index in [1.165, 1.54) is 36.5 Å². The van der Waals surface area contributed by atoms with E-state index in [1.807, 2.05) is 12.1 Å². The third-order valence-corrected chi connectivity index (χ3v) is 9.19. The van der Waals surface area contributed by atoms with Crippen molar-refractivity contribution in [2.45, 2.75) is 37.4 Å². The van der Waals surface area contributed by atoms with E-state index in [4.69, 9.17) is 38.5 Å². The summed E-state index contributed by atoms with van der Waals surface area (Å²) in [6.45, 7) is -0.976. The number of nitriles is 2. The Morgan fingerprint density at radius 1 is 0.736 bits per heavy atom. The maximum atomic E-state index is 13.7. The van der Waals surface area contributed by atoms with Crippen LogP contribution in [-0.4, -0.2) is 60.6 Å². The van der Waals surface area contributed by atoms with Crippen LogP contribution in [0, 0.1) is 22.7 Å². The van der Waals surface area contributed by atoms with Crippen LogP contribution in [-0.2, 0) is 32.6 Å². The highest BCUT2D eigenvalue weighted by molar-refractivity contribution is 7.55. The van der Waals surface area contributed by atoms with Crippen molar-refractivity contribution in [1.82, 2.24) is 4.57 Å². The molecular formula is C37H33N4O11P. The standard InChI is InChI=1S/C37H33N4O11P/c38-19-10-22-48-53(46,49-23-11-20-39)40-29-18-21-41(31(42)24-29)34-33(52-37(45)28-16-8-3-9-17-28)32(51-36(44)27-14-6-2-7-15-27)30(50-34)25-47-35(43)26-12-4-1-5-13-26/h1-9,12-18,21,24,30,32-34H,10-11,22-23,25H2,(H,40,46)/t30-,32-,33-,34-/m1/s1. The number of pyridine rings is 1. The van der Waals surface area contributed by atoms with Gasteiger partial charge in [0.1, 0.15) is 12.7 Å². The number of anilines is 1. The van der Waals surface area contributed by atoms with Crippen LogP contribution in [0.5, 0.6) is 0 Å². The first-order valence-corrected chi connectivity index (χ1v) is 17.8. The Hall–Kier alpha value is -6.09. The lowest BCUT2D eigenvalue weighted by Gasteiger charge is -2.25. The number of benzene rings is 3. The van der Waals surface area contributed by atoms with Crippen LogP contribution in [0.25, 0.3) is 0 Å². The second-order valence-corrected chi connectivity index (χ2v) is 13.0. The molecular weight excluding hydrogens is 707 g/mol. The fourth-order valence-corrected chi connectivity index (χ4v) is 6.46. The Morgan fingerprint density at radius 2 is 1.23 bits per heavy atom. The second-order valence-electron chi connectivity index (χ2n) is 11.3. The van der Waals surface area contributed by atoms with Crippen molar-refractivity contribution in [1.29, 1.82) is 10.5 Å². The van der Waals surface area contributed by atoms with Crippen molar-refractivity contribution >= 4 is 31.3 Å². The summed E-state index contributed by atoms with van der Waals surface area (Å²) >= 11 is 0. The molecule has 1 N–H and O–H groups in total. The number of nitrogens with one attached hydrogen (secondary N) is 1. The highest BCUT2D eigenvalue weighted by Gasteiger charge is 2.51. The molecule has 1 fully saturated rings. The van der Waals surface area contributed by atoms with Gasteiger partial charge in [-0.1, -0.05) is 54.6 Å². The first-order chi connectivity index (χ1) is 25.7. The Labute approximate surface area is 303 Å². The summed E-state index contributed by atoms with van der Waals surface area (Å²) in [5.41, 5.74) is -0.184. The fraction of sp³-hybridized carbons (Fsp3) is 0.243. The lowest BCUT2D eigenvalue weighted by atomic mass is 10.1. The average molecular weight is 741 g/mol. The first-order valence-electron chi connectivity index (χ1n) is 16.2. The maximum Gasteiger partial charge on any atom is 0.432 e. The monoisotopic (exact) mass is 740 g/mol. The molecule has 0 saturated carbocycles. The van der Waals surface area contributed by atoms with Gasteiger partial charge in [-0.05, 0) is 42.5 Å². The van der Waals surface area contributed by atoms with Gasteiger partial charge in [0.2, 0.25) is 0 Å². The third-order valence-electron chi connectivity index (χ3n) is 7.62. The molecule has 4 aromatic rings. The Balaban J connectivity index is 1.48. The number of rotatable bonds is 16. The van der Waals surface area contributed by atoms with Crippen LogP contribution < -0.4 is 10.6 Å². The summed E-state index contributed by atoms with van der Waals surface area (Å²) < 4.78 is 48.6. The van der Waals surface area contributed by atoms with Crippen LogP contribution in [0.4, 0.5) is 5.69 Å². The normalized spacial score (nSPS) is 17.8. The smallest absolute Gasteiger partial charge is 0.432 e. The lowest BCUT2D eigenvalue weighted by molar-refractivity contribution is -0.0634. The van der Waals surface area contributed by atoms with Gasteiger partial charge in [-0.15, -0.1) is 0 Å². The molecule has 0 amide bonds. The molecule has 1 aliphatic rings. The van der Waals surface area contributed by atoms with E-state index in [2.05, 4.69) is 5.09 Å². The SMILES string of the molecule is N#CCCOP(=O)(Nc1ccn([C@@H]2O[C@H](COC(=O)c3ccccc3)[C@@H](OC(=O)c3ccccc3)[C@H]2OC(=O)c2ccccc2)c(=O)c1)OCCC#N. The van der Waals surface area contributed by atoms with Crippen molar-refractivity contribution in [2.24, 2.45) is 0 Å². The van der Waals surface area contributed by atoms with Crippen LogP contribution in [0.3, 0.4) is 0 Å². The van der Waals surface area contributed by atoms with Gasteiger partial charge in [0.05, 0.1) is 60.6 Å². The molecule has 1 aliphatic heterocycles. The number of aromatic nitrogens is 1. The molecule has 15 nitrogen and oxygen atoms in total. The molecule has 0 spiro atoms. The summed E-state index contributed by atoms with van der Waals surface area (Å²) in [6, 6.07) is 30.2. The van der Waals surface area contributed by atoms with Gasteiger partial charge in [-0.25, -0.2) is 18.9 Å². The van der Waals surface area contributed by atoms with Gasteiger partial charge in [-0.2, -0.15) is 10.5 Å². The second kappa shape index (κ2) is 18.4.